The number of allylic oxidation sites excluding steroid dienone is 3. The number of aliphatic hydroxyl groups excluding tert-OH is 1. The molecule has 1 radical (unpaired) electrons. The number of anilines is 3. The van der Waals surface area contributed by atoms with Crippen LogP contribution in [-0.2, 0) is 56.5 Å². The molecule has 3 unspecified atom stereocenters. The first-order chi connectivity index (χ1) is 63.1. The van der Waals surface area contributed by atoms with Gasteiger partial charge in [0.05, 0.1) is 28.3 Å². The summed E-state index contributed by atoms with van der Waals surface area (Å²) in [6, 6.07) is 72.2. The van der Waals surface area contributed by atoms with E-state index in [4.69, 9.17) is 24.8 Å². The summed E-state index contributed by atoms with van der Waals surface area (Å²) in [6.07, 6.45) is 21.9. The van der Waals surface area contributed by atoms with Gasteiger partial charge < -0.3 is 44.3 Å². The van der Waals surface area contributed by atoms with Crippen molar-refractivity contribution in [1.82, 2.24) is 23.9 Å². The number of thiophene rings is 1. The zero-order valence-corrected chi connectivity index (χ0v) is 83.6. The largest absolute Gasteiger partial charge is 0.661 e. The molecule has 677 valence electrons. The van der Waals surface area contributed by atoms with Crippen molar-refractivity contribution in [2.75, 3.05) is 14.7 Å². The first kappa shape index (κ1) is 89.6. The normalized spacial score (nSPS) is 16.4. The molecule has 15 aromatic rings. The van der Waals surface area contributed by atoms with Gasteiger partial charge >= 0.3 is 0 Å². The molecule has 0 bridgehead atoms. The second kappa shape index (κ2) is 34.1. The summed E-state index contributed by atoms with van der Waals surface area (Å²) < 4.78 is 18.6. The number of carbonyl (C=O) groups excluding carboxylic acids is 1. The van der Waals surface area contributed by atoms with E-state index in [9.17, 15) is 4.79 Å². The van der Waals surface area contributed by atoms with Crippen molar-refractivity contribution in [1.29, 1.82) is 0 Å². The van der Waals surface area contributed by atoms with Gasteiger partial charge in [0.25, 0.3) is 11.6 Å². The van der Waals surface area contributed by atoms with Crippen molar-refractivity contribution < 1.29 is 43.6 Å². The van der Waals surface area contributed by atoms with E-state index >= 15 is 0 Å². The Morgan fingerprint density at radius 3 is 1.71 bits per heavy atom. The molecule has 0 fully saturated rings. The number of rotatable bonds is 7. The molecular weight excluding hydrogens is 1830 g/mol. The van der Waals surface area contributed by atoms with E-state index in [0.717, 1.165) is 71.6 Å². The van der Waals surface area contributed by atoms with Gasteiger partial charge in [-0.2, -0.15) is 21.3 Å². The average molecular weight is 1950 g/mol. The topological polar surface area (TPSA) is 124 Å². The molecule has 5 aromatic heterocycles. The number of amidine groups is 1. The van der Waals surface area contributed by atoms with Gasteiger partial charge in [-0.25, -0.2) is 9.13 Å². The maximum Gasteiger partial charge on any atom is 0.294 e. The van der Waals surface area contributed by atoms with Crippen LogP contribution in [0.4, 0.5) is 28.6 Å². The van der Waals surface area contributed by atoms with Gasteiger partial charge in [0.2, 0.25) is 0 Å². The number of benzene rings is 10. The smallest absolute Gasteiger partial charge is 0.294 e. The summed E-state index contributed by atoms with van der Waals surface area (Å²) in [4.78, 5) is 32.0. The molecule has 25 rings (SSSR count). The maximum atomic E-state index is 10.0. The molecule has 0 spiro atoms. The van der Waals surface area contributed by atoms with E-state index in [1.807, 2.05) is 23.5 Å². The van der Waals surface area contributed by atoms with Gasteiger partial charge in [-0.3, -0.25) is 9.79 Å². The zero-order valence-electron chi connectivity index (χ0n) is 80.4. The van der Waals surface area contributed by atoms with Crippen molar-refractivity contribution >= 4 is 106 Å². The maximum absolute atomic E-state index is 10.0. The van der Waals surface area contributed by atoms with Crippen LogP contribution in [0.25, 0.3) is 93.7 Å². The van der Waals surface area contributed by atoms with Crippen molar-refractivity contribution in [3.05, 3.63) is 350 Å². The van der Waals surface area contributed by atoms with Crippen LogP contribution in [0.1, 0.15) is 263 Å². The number of hydrogen-bond acceptors (Lipinski definition) is 11. The van der Waals surface area contributed by atoms with Gasteiger partial charge in [0.15, 0.2) is 5.78 Å². The first-order valence-electron chi connectivity index (χ1n) is 47.0. The van der Waals surface area contributed by atoms with Crippen LogP contribution in [0.2, 0.25) is 0 Å². The van der Waals surface area contributed by atoms with E-state index < -0.39 is 0 Å². The van der Waals surface area contributed by atoms with E-state index in [1.54, 1.807) is 0 Å². The van der Waals surface area contributed by atoms with Crippen LogP contribution in [0.5, 0.6) is 0 Å². The second-order valence-corrected chi connectivity index (χ2v) is 42.5. The Balaban J connectivity index is 0.000000107. The van der Waals surface area contributed by atoms with Crippen LogP contribution < -0.4 is 23.8 Å². The molecule has 0 amide bonds. The fourth-order valence-electron chi connectivity index (χ4n) is 21.1. The van der Waals surface area contributed by atoms with Crippen LogP contribution in [0, 0.1) is 30.7 Å². The average Bonchev–Trinajstić information content (AvgIpc) is 1.54. The molecule has 0 saturated carbocycles. The fraction of sp³-hybridized carbons (Fsp3) is 0.302. The molecular formula is C116H120IrN12O3S. The van der Waals surface area contributed by atoms with E-state index in [2.05, 4.69) is 412 Å². The Kier molecular flexibility index (Phi) is 23.0. The molecule has 10 aliphatic rings. The van der Waals surface area contributed by atoms with Gasteiger partial charge in [-0.1, -0.05) is 251 Å². The predicted molar refractivity (Wildman–Crippen MR) is 544 cm³/mol. The molecule has 133 heavy (non-hydrogen) atoms. The quantitative estimate of drug-likeness (QED) is 0.0719. The Hall–Kier alpha value is -12.7. The van der Waals surface area contributed by atoms with E-state index in [-0.39, 0.29) is 54.1 Å². The molecule has 1 N–H and O–H groups in total. The molecule has 0 aliphatic carbocycles. The number of para-hydroxylation sites is 5. The number of furan rings is 1. The Morgan fingerprint density at radius 1 is 0.549 bits per heavy atom. The SMILES string of the molecule is C1=CN2C=CN3Cc4cccc1c4C23.CC(=O)C=C(C)O.CC(C)(C)C1=Cc2cccc3c2C2N(C3)c3ccccc3N12.CC(C)c1cccc(C(C)C)c1-n1cc[n+]2c1-c1cc3c(cc1C2)oc1ccccc13.CC(C)c1cccc(C(C)C)c1-n1cc[n+]2c1-c1cc3c(cc1C2)sc1ccccc13.Cc1cc2c(cc1C)N1C(C(C)(C)C)=Nc3nc(C(C)(C)C)c[c-]c3C1[N-]2.[Ir]. The third-order valence-electron chi connectivity index (χ3n) is 27.5. The fourth-order valence-corrected chi connectivity index (χ4v) is 22.2. The summed E-state index contributed by atoms with van der Waals surface area (Å²) in [5.74, 6) is 6.14. The van der Waals surface area contributed by atoms with E-state index in [1.165, 1.54) is 180 Å². The number of aryl methyl sites for hydroxylation is 2. The van der Waals surface area contributed by atoms with Gasteiger partial charge in [-0.15, -0.1) is 22.6 Å². The van der Waals surface area contributed by atoms with Crippen LogP contribution >= 0.6 is 11.3 Å². The van der Waals surface area contributed by atoms with Crippen molar-refractivity contribution in [3.8, 4) is 34.2 Å². The number of nitrogens with zero attached hydrogens (tertiary/aromatic N) is 12. The number of aliphatic hydroxyl groups is 1. The van der Waals surface area contributed by atoms with Gasteiger partial charge in [0, 0.05) is 161 Å². The van der Waals surface area contributed by atoms with Crippen LogP contribution in [-0.4, -0.2) is 40.6 Å². The first-order valence-corrected chi connectivity index (χ1v) is 47.8. The van der Waals surface area contributed by atoms with Crippen LogP contribution in [0.3, 0.4) is 0 Å². The Morgan fingerprint density at radius 2 is 1.11 bits per heavy atom. The summed E-state index contributed by atoms with van der Waals surface area (Å²) in [6.45, 7) is 49.4. The molecule has 0 saturated heterocycles. The summed E-state index contributed by atoms with van der Waals surface area (Å²) in [7, 11) is 0. The second-order valence-electron chi connectivity index (χ2n) is 41.4. The van der Waals surface area contributed by atoms with Crippen molar-refractivity contribution in [2.45, 2.75) is 219 Å². The molecule has 15 heterocycles. The zero-order chi connectivity index (χ0) is 92.3. The number of imidazole rings is 2. The number of ketones is 1. The van der Waals surface area contributed by atoms with Crippen molar-refractivity contribution in [2.24, 2.45) is 15.8 Å². The third kappa shape index (κ3) is 15.7. The van der Waals surface area contributed by atoms with Gasteiger partial charge in [-0.05, 0) is 163 Å². The minimum Gasteiger partial charge on any atom is -0.661 e. The molecule has 15 nitrogen and oxygen atoms in total. The summed E-state index contributed by atoms with van der Waals surface area (Å²) in [5.41, 5.74) is 35.2. The number of aliphatic imine (C=N–C) groups is 1. The third-order valence-corrected chi connectivity index (χ3v) is 28.6. The summed E-state index contributed by atoms with van der Waals surface area (Å²) >= 11 is 1.91. The van der Waals surface area contributed by atoms with Gasteiger partial charge in [0.1, 0.15) is 78.6 Å². The Bertz CT molecular complexity index is 7100. The monoisotopic (exact) mass is 1950 g/mol. The number of carbonyl (C=O) groups is 1. The molecule has 10 aliphatic heterocycles. The molecule has 17 heteroatoms. The van der Waals surface area contributed by atoms with E-state index in [0.29, 0.717) is 36.0 Å². The number of pyridine rings is 1. The van der Waals surface area contributed by atoms with Crippen molar-refractivity contribution in [3.63, 3.8) is 0 Å². The Labute approximate surface area is 800 Å². The minimum absolute atomic E-state index is 0. The number of hydrogen-bond donors (Lipinski definition) is 1. The summed E-state index contributed by atoms with van der Waals surface area (Å²) in [5, 5.41) is 18.5. The number of aromatic nitrogens is 5. The number of fused-ring (bicyclic) bond motifs is 20. The molecule has 10 aromatic carbocycles. The standard InChI is InChI=1S/C28H27N2O.C28H27N2S.C23H28N4.C20H20N2.C12H10N2.C5H8O2.Ir/c2*1-17(2)20-9-7-10-21(18(3)4)27(20)30-13-12-29-16-19-14-26-24(15-23(19)28(29)30)22-8-5-6-11-25(22)31-26;1-13-11-16-17(12-14(13)2)27-20(24-16)15-9-10-18(22(3,4)5)25-19(15)26-21(27)23(6,7)8;1-20(2,3)17-11-13-7-6-8-14-12-21-15-9-4-5-10-16(15)22(17)19(21)18(13)14;1-2-9-4-5-13-6-7-14-8-10(3-1)11(9)12(13)14;1-4(6)3-5(2)7;/h2*5-15,17-18H,16H2,1-4H3;10-12,20H,1-8H3;4-11,19H,12H2,1-3H3;1-7,12H,8H2;3,6H,1-2H3;/q2*+1;-2;;;;. The minimum atomic E-state index is -0.135. The predicted octanol–water partition coefficient (Wildman–Crippen LogP) is 29.0. The molecule has 3 atom stereocenters. The van der Waals surface area contributed by atoms with Crippen LogP contribution in [0.15, 0.2) is 258 Å².